The first kappa shape index (κ1) is 17.6. The minimum absolute atomic E-state index is 0.102. The van der Waals surface area contributed by atoms with Crippen molar-refractivity contribution in [3.8, 4) is 0 Å². The van der Waals surface area contributed by atoms with Crippen molar-refractivity contribution in [1.29, 1.82) is 0 Å². The minimum atomic E-state index is -0.568. The van der Waals surface area contributed by atoms with Crippen molar-refractivity contribution < 1.29 is 9.18 Å². The van der Waals surface area contributed by atoms with Crippen LogP contribution in [0.5, 0.6) is 0 Å². The van der Waals surface area contributed by atoms with Gasteiger partial charge in [0.2, 0.25) is 5.91 Å². The molecule has 0 saturated carbocycles. The number of nitrogens with zero attached hydrogens (tertiary/aromatic N) is 2. The lowest BCUT2D eigenvalue weighted by Gasteiger charge is -2.13. The highest BCUT2D eigenvalue weighted by Gasteiger charge is 2.18. The summed E-state index contributed by atoms with van der Waals surface area (Å²) >= 11 is 7.03. The standard InChI is InChI=1S/C18H15ClFN3OS/c1-10(17(24)23-16-8-7-12(19)9-14(16)20)25-18-13-5-3-4-6-15(13)21-11(2)22-18/h3-10H,1-2H3,(H,23,24)/t10-/m1/s1. The number of benzene rings is 2. The highest BCUT2D eigenvalue weighted by atomic mass is 35.5. The Labute approximate surface area is 153 Å². The second-order valence-electron chi connectivity index (χ2n) is 5.47. The fraction of sp³-hybridized carbons (Fsp3) is 0.167. The molecule has 7 heteroatoms. The topological polar surface area (TPSA) is 54.9 Å². The Morgan fingerprint density at radius 1 is 1.24 bits per heavy atom. The molecule has 0 aliphatic carbocycles. The minimum Gasteiger partial charge on any atom is -0.323 e. The van der Waals surface area contributed by atoms with Crippen molar-refractivity contribution in [2.24, 2.45) is 0 Å². The van der Waals surface area contributed by atoms with Gasteiger partial charge < -0.3 is 5.32 Å². The molecule has 0 spiro atoms. The van der Waals surface area contributed by atoms with Crippen LogP contribution in [-0.2, 0) is 4.79 Å². The fourth-order valence-electron chi connectivity index (χ4n) is 2.29. The van der Waals surface area contributed by atoms with Crippen molar-refractivity contribution >= 4 is 45.9 Å². The van der Waals surface area contributed by atoms with Gasteiger partial charge in [-0.15, -0.1) is 0 Å². The van der Waals surface area contributed by atoms with E-state index in [1.54, 1.807) is 6.92 Å². The van der Waals surface area contributed by atoms with E-state index in [1.807, 2.05) is 31.2 Å². The van der Waals surface area contributed by atoms with Gasteiger partial charge in [-0.05, 0) is 38.1 Å². The van der Waals surface area contributed by atoms with E-state index in [1.165, 1.54) is 23.9 Å². The molecule has 25 heavy (non-hydrogen) atoms. The summed E-state index contributed by atoms with van der Waals surface area (Å²) in [5, 5.41) is 4.01. The summed E-state index contributed by atoms with van der Waals surface area (Å²) in [6.45, 7) is 3.56. The van der Waals surface area contributed by atoms with E-state index in [9.17, 15) is 9.18 Å². The molecular formula is C18H15ClFN3OS. The van der Waals surface area contributed by atoms with E-state index < -0.39 is 11.1 Å². The van der Waals surface area contributed by atoms with E-state index in [-0.39, 0.29) is 16.6 Å². The third-order valence-corrected chi connectivity index (χ3v) is 4.86. The smallest absolute Gasteiger partial charge is 0.237 e. The number of rotatable bonds is 4. The summed E-state index contributed by atoms with van der Waals surface area (Å²) in [7, 11) is 0. The van der Waals surface area contributed by atoms with E-state index in [2.05, 4.69) is 15.3 Å². The molecule has 0 aliphatic rings. The Balaban J connectivity index is 1.80. The Kier molecular flexibility index (Phi) is 5.20. The van der Waals surface area contributed by atoms with Gasteiger partial charge >= 0.3 is 0 Å². The number of anilines is 1. The molecule has 1 amide bonds. The molecule has 0 bridgehead atoms. The quantitative estimate of drug-likeness (QED) is 0.523. The number of aryl methyl sites for hydroxylation is 1. The van der Waals surface area contributed by atoms with E-state index in [4.69, 9.17) is 11.6 Å². The number of thioether (sulfide) groups is 1. The van der Waals surface area contributed by atoms with Gasteiger partial charge in [0, 0.05) is 10.4 Å². The Hall–Kier alpha value is -2.18. The third-order valence-electron chi connectivity index (χ3n) is 3.53. The van der Waals surface area contributed by atoms with Crippen LogP contribution in [0.15, 0.2) is 47.5 Å². The van der Waals surface area contributed by atoms with Crippen LogP contribution in [0.3, 0.4) is 0 Å². The monoisotopic (exact) mass is 375 g/mol. The summed E-state index contributed by atoms with van der Waals surface area (Å²) < 4.78 is 13.8. The van der Waals surface area contributed by atoms with Crippen LogP contribution in [0.2, 0.25) is 5.02 Å². The molecule has 2 aromatic carbocycles. The molecule has 1 N–H and O–H groups in total. The van der Waals surface area contributed by atoms with E-state index in [0.717, 1.165) is 22.0 Å². The molecule has 0 saturated heterocycles. The zero-order chi connectivity index (χ0) is 18.0. The van der Waals surface area contributed by atoms with Gasteiger partial charge in [-0.25, -0.2) is 14.4 Å². The van der Waals surface area contributed by atoms with Crippen LogP contribution in [-0.4, -0.2) is 21.1 Å². The average Bonchev–Trinajstić information content (AvgIpc) is 2.57. The van der Waals surface area contributed by atoms with Crippen LogP contribution in [0.25, 0.3) is 10.9 Å². The molecule has 1 heterocycles. The highest BCUT2D eigenvalue weighted by molar-refractivity contribution is 8.00. The summed E-state index contributed by atoms with van der Waals surface area (Å²) in [5.41, 5.74) is 0.930. The molecule has 1 aromatic heterocycles. The average molecular weight is 376 g/mol. The summed E-state index contributed by atoms with van der Waals surface area (Å²) in [5.74, 6) is -0.245. The Bertz CT molecular complexity index is 951. The molecule has 1 atom stereocenters. The van der Waals surface area contributed by atoms with E-state index in [0.29, 0.717) is 5.82 Å². The Morgan fingerprint density at radius 2 is 2.00 bits per heavy atom. The molecule has 128 valence electrons. The molecule has 3 aromatic rings. The lowest BCUT2D eigenvalue weighted by molar-refractivity contribution is -0.115. The summed E-state index contributed by atoms with van der Waals surface area (Å²) in [6, 6.07) is 11.8. The lowest BCUT2D eigenvalue weighted by atomic mass is 10.2. The molecule has 0 radical (unpaired) electrons. The number of halogens is 2. The molecule has 0 fully saturated rings. The number of para-hydroxylation sites is 1. The summed E-state index contributed by atoms with van der Waals surface area (Å²) in [6.07, 6.45) is 0. The van der Waals surface area contributed by atoms with Crippen molar-refractivity contribution in [2.75, 3.05) is 5.32 Å². The van der Waals surface area contributed by atoms with Gasteiger partial charge in [0.15, 0.2) is 0 Å². The zero-order valence-corrected chi connectivity index (χ0v) is 15.2. The first-order chi connectivity index (χ1) is 11.9. The van der Waals surface area contributed by atoms with Crippen LogP contribution in [0.1, 0.15) is 12.7 Å². The predicted molar refractivity (Wildman–Crippen MR) is 99.6 cm³/mol. The van der Waals surface area contributed by atoms with Gasteiger partial charge in [-0.1, -0.05) is 41.6 Å². The second kappa shape index (κ2) is 7.37. The SMILES string of the molecule is Cc1nc(S[C@H](C)C(=O)Nc2ccc(Cl)cc2F)c2ccccc2n1. The molecule has 0 unspecified atom stereocenters. The van der Waals surface area contributed by atoms with Crippen LogP contribution in [0, 0.1) is 12.7 Å². The number of amides is 1. The van der Waals surface area contributed by atoms with Crippen LogP contribution >= 0.6 is 23.4 Å². The first-order valence-corrected chi connectivity index (χ1v) is 8.86. The zero-order valence-electron chi connectivity index (χ0n) is 13.6. The van der Waals surface area contributed by atoms with Crippen LogP contribution in [0.4, 0.5) is 10.1 Å². The normalized spacial score (nSPS) is 12.2. The number of nitrogens with one attached hydrogen (secondary N) is 1. The van der Waals surface area contributed by atoms with Crippen molar-refractivity contribution in [3.05, 3.63) is 59.1 Å². The van der Waals surface area contributed by atoms with Gasteiger partial charge in [-0.3, -0.25) is 4.79 Å². The van der Waals surface area contributed by atoms with Crippen molar-refractivity contribution in [1.82, 2.24) is 9.97 Å². The molecule has 0 aliphatic heterocycles. The number of fused-ring (bicyclic) bond motifs is 1. The number of aromatic nitrogens is 2. The maximum Gasteiger partial charge on any atom is 0.237 e. The molecular weight excluding hydrogens is 361 g/mol. The highest BCUT2D eigenvalue weighted by Crippen LogP contribution is 2.29. The van der Waals surface area contributed by atoms with Gasteiger partial charge in [0.25, 0.3) is 0 Å². The van der Waals surface area contributed by atoms with Crippen molar-refractivity contribution in [2.45, 2.75) is 24.1 Å². The van der Waals surface area contributed by atoms with Crippen molar-refractivity contribution in [3.63, 3.8) is 0 Å². The predicted octanol–water partition coefficient (Wildman–Crippen LogP) is 4.85. The summed E-state index contributed by atoms with van der Waals surface area (Å²) in [4.78, 5) is 21.2. The van der Waals surface area contributed by atoms with E-state index >= 15 is 0 Å². The number of carbonyl (C=O) groups is 1. The fourth-order valence-corrected chi connectivity index (χ4v) is 3.44. The second-order valence-corrected chi connectivity index (χ2v) is 7.23. The number of hydrogen-bond donors (Lipinski definition) is 1. The Morgan fingerprint density at radius 3 is 2.76 bits per heavy atom. The number of hydrogen-bond acceptors (Lipinski definition) is 4. The van der Waals surface area contributed by atoms with Gasteiger partial charge in [0.05, 0.1) is 16.5 Å². The maximum absolute atomic E-state index is 13.8. The third kappa shape index (κ3) is 4.08. The van der Waals surface area contributed by atoms with Gasteiger partial charge in [0.1, 0.15) is 16.7 Å². The molecule has 4 nitrogen and oxygen atoms in total. The van der Waals surface area contributed by atoms with Crippen LogP contribution < -0.4 is 5.32 Å². The first-order valence-electron chi connectivity index (χ1n) is 7.60. The van der Waals surface area contributed by atoms with Gasteiger partial charge in [-0.2, -0.15) is 0 Å². The largest absolute Gasteiger partial charge is 0.323 e. The number of carbonyl (C=O) groups excluding carboxylic acids is 1. The molecule has 3 rings (SSSR count). The lowest BCUT2D eigenvalue weighted by Crippen LogP contribution is -2.23. The maximum atomic E-state index is 13.8.